The first-order chi connectivity index (χ1) is 5.43. The van der Waals surface area contributed by atoms with Crippen molar-refractivity contribution in [1.82, 2.24) is 5.32 Å². The second kappa shape index (κ2) is 3.00. The van der Waals surface area contributed by atoms with E-state index in [0.717, 1.165) is 0 Å². The molecule has 2 nitrogen and oxygen atoms in total. The van der Waals surface area contributed by atoms with Crippen LogP contribution in [0.5, 0.6) is 0 Å². The van der Waals surface area contributed by atoms with E-state index in [1.807, 2.05) is 0 Å². The van der Waals surface area contributed by atoms with E-state index in [2.05, 4.69) is 5.32 Å². The Bertz CT molecular complexity index is 210. The zero-order chi connectivity index (χ0) is 8.98. The molecule has 0 aromatic carbocycles. The van der Waals surface area contributed by atoms with Crippen LogP contribution in [0.15, 0.2) is 0 Å². The van der Waals surface area contributed by atoms with E-state index in [4.69, 9.17) is 0 Å². The van der Waals surface area contributed by atoms with E-state index in [1.165, 1.54) is 0 Å². The number of fused-ring (bicyclic) bond motifs is 2. The van der Waals surface area contributed by atoms with E-state index < -0.39 is 17.7 Å². The number of rotatable bonds is 0. The van der Waals surface area contributed by atoms with Crippen LogP contribution >= 0.6 is 12.4 Å². The molecular weight excluding hydrogens is 207 g/mol. The fourth-order valence-corrected chi connectivity index (χ4v) is 2.23. The summed E-state index contributed by atoms with van der Waals surface area (Å²) >= 11 is 0. The Balaban J connectivity index is 0.000000845. The Hall–Kier alpha value is -0.0000000000000000486. The molecule has 2 rings (SSSR count). The molecule has 2 bridgehead atoms. The van der Waals surface area contributed by atoms with Crippen LogP contribution in [0, 0.1) is 5.92 Å². The van der Waals surface area contributed by atoms with Crippen molar-refractivity contribution in [1.29, 1.82) is 0 Å². The van der Waals surface area contributed by atoms with Crippen molar-refractivity contribution in [2.45, 2.75) is 30.7 Å². The fraction of sp³-hybridized carbons (Fsp3) is 1.00. The number of alkyl halides is 3. The van der Waals surface area contributed by atoms with Gasteiger partial charge in [0, 0.05) is 24.9 Å². The third kappa shape index (κ3) is 1.43. The van der Waals surface area contributed by atoms with Crippen molar-refractivity contribution in [3.8, 4) is 0 Å². The van der Waals surface area contributed by atoms with Crippen LogP contribution in [-0.4, -0.2) is 29.5 Å². The summed E-state index contributed by atoms with van der Waals surface area (Å²) in [5.41, 5.74) is -2.41. The largest absolute Gasteiger partial charge is 0.417 e. The van der Waals surface area contributed by atoms with Gasteiger partial charge in [-0.2, -0.15) is 13.2 Å². The van der Waals surface area contributed by atoms with Gasteiger partial charge in [-0.3, -0.25) is 0 Å². The first-order valence-corrected chi connectivity index (χ1v) is 3.96. The van der Waals surface area contributed by atoms with Crippen LogP contribution in [0.4, 0.5) is 13.2 Å². The fourth-order valence-electron chi connectivity index (χ4n) is 2.23. The quantitative estimate of drug-likeness (QED) is 0.637. The maximum atomic E-state index is 12.3. The van der Waals surface area contributed by atoms with Gasteiger partial charge in [-0.25, -0.2) is 0 Å². The molecule has 1 aliphatic heterocycles. The average Bonchev–Trinajstić information content (AvgIpc) is 2.43. The van der Waals surface area contributed by atoms with E-state index in [1.54, 1.807) is 0 Å². The molecule has 0 aromatic rings. The molecule has 0 aromatic heterocycles. The molecule has 0 amide bonds. The first kappa shape index (κ1) is 11.1. The topological polar surface area (TPSA) is 32.3 Å². The summed E-state index contributed by atoms with van der Waals surface area (Å²) in [6.45, 7) is 0.292. The molecule has 2 N–H and O–H groups in total. The van der Waals surface area contributed by atoms with Gasteiger partial charge in [0.1, 0.15) is 0 Å². The average molecular weight is 218 g/mol. The molecule has 0 radical (unpaired) electrons. The summed E-state index contributed by atoms with van der Waals surface area (Å²) in [6.07, 6.45) is -4.19. The van der Waals surface area contributed by atoms with Crippen molar-refractivity contribution in [2.75, 3.05) is 6.54 Å². The molecule has 2 aliphatic rings. The summed E-state index contributed by atoms with van der Waals surface area (Å²) in [6, 6.07) is -0.137. The molecule has 2 fully saturated rings. The van der Waals surface area contributed by atoms with Crippen LogP contribution in [0.3, 0.4) is 0 Å². The van der Waals surface area contributed by atoms with Crippen LogP contribution in [0.2, 0.25) is 0 Å². The van der Waals surface area contributed by atoms with E-state index in [0.29, 0.717) is 13.0 Å². The van der Waals surface area contributed by atoms with Gasteiger partial charge in [-0.15, -0.1) is 12.4 Å². The van der Waals surface area contributed by atoms with Crippen molar-refractivity contribution in [3.05, 3.63) is 0 Å². The van der Waals surface area contributed by atoms with Gasteiger partial charge in [-0.1, -0.05) is 0 Å². The zero-order valence-electron chi connectivity index (χ0n) is 6.77. The van der Waals surface area contributed by atoms with E-state index in [-0.39, 0.29) is 24.9 Å². The summed E-state index contributed by atoms with van der Waals surface area (Å²) in [4.78, 5) is 0. The van der Waals surface area contributed by atoms with Crippen LogP contribution in [0.1, 0.15) is 12.8 Å². The maximum Gasteiger partial charge on any atom is 0.417 e. The molecule has 1 saturated heterocycles. The minimum absolute atomic E-state index is 0. The molecule has 3 atom stereocenters. The summed E-state index contributed by atoms with van der Waals surface area (Å²) in [5.74, 6) is -0.637. The highest BCUT2D eigenvalue weighted by molar-refractivity contribution is 5.85. The smallest absolute Gasteiger partial charge is 0.380 e. The van der Waals surface area contributed by atoms with Crippen LogP contribution in [-0.2, 0) is 0 Å². The van der Waals surface area contributed by atoms with Gasteiger partial charge in [0.2, 0.25) is 0 Å². The molecule has 13 heavy (non-hydrogen) atoms. The second-order valence-electron chi connectivity index (χ2n) is 3.66. The maximum absolute atomic E-state index is 12.3. The molecule has 3 unspecified atom stereocenters. The van der Waals surface area contributed by atoms with E-state index >= 15 is 0 Å². The number of piperidine rings is 1. The molecule has 78 valence electrons. The Labute approximate surface area is 79.9 Å². The predicted molar refractivity (Wildman–Crippen MR) is 42.8 cm³/mol. The van der Waals surface area contributed by atoms with Gasteiger partial charge >= 0.3 is 6.18 Å². The lowest BCUT2D eigenvalue weighted by atomic mass is 9.89. The Morgan fingerprint density at radius 2 is 2.00 bits per heavy atom. The van der Waals surface area contributed by atoms with Crippen molar-refractivity contribution in [2.24, 2.45) is 5.92 Å². The third-order valence-corrected chi connectivity index (χ3v) is 2.95. The van der Waals surface area contributed by atoms with Gasteiger partial charge in [0.25, 0.3) is 0 Å². The standard InChI is InChI=1S/C7H10F3NO.ClH/c8-7(9,10)6(12)2-5-1-4(6)3-11-5;/h4-5,11-12H,1-3H2;1H. The Morgan fingerprint density at radius 1 is 1.38 bits per heavy atom. The number of aliphatic hydroxyl groups is 1. The summed E-state index contributed by atoms with van der Waals surface area (Å²) in [7, 11) is 0. The molecule has 1 aliphatic carbocycles. The minimum Gasteiger partial charge on any atom is -0.380 e. The SMILES string of the molecule is Cl.OC1(C(F)(F)F)CC2CC1CN2. The second-order valence-corrected chi connectivity index (χ2v) is 3.66. The predicted octanol–water partition coefficient (Wildman–Crippen LogP) is 1.08. The molecule has 1 heterocycles. The van der Waals surface area contributed by atoms with Crippen LogP contribution < -0.4 is 5.32 Å². The monoisotopic (exact) mass is 217 g/mol. The van der Waals surface area contributed by atoms with Crippen molar-refractivity contribution < 1.29 is 18.3 Å². The lowest BCUT2D eigenvalue weighted by Crippen LogP contribution is -2.53. The number of nitrogens with one attached hydrogen (secondary N) is 1. The van der Waals surface area contributed by atoms with E-state index in [9.17, 15) is 18.3 Å². The zero-order valence-corrected chi connectivity index (χ0v) is 7.58. The van der Waals surface area contributed by atoms with Gasteiger partial charge in [-0.05, 0) is 6.42 Å². The van der Waals surface area contributed by atoms with Crippen molar-refractivity contribution in [3.63, 3.8) is 0 Å². The van der Waals surface area contributed by atoms with Gasteiger partial charge < -0.3 is 10.4 Å². The lowest BCUT2D eigenvalue weighted by Gasteiger charge is -2.34. The highest BCUT2D eigenvalue weighted by atomic mass is 35.5. The highest BCUT2D eigenvalue weighted by Crippen LogP contribution is 2.49. The number of hydrogen-bond acceptors (Lipinski definition) is 2. The Morgan fingerprint density at radius 3 is 2.23 bits per heavy atom. The number of halogens is 4. The number of hydrogen-bond donors (Lipinski definition) is 2. The van der Waals surface area contributed by atoms with Crippen molar-refractivity contribution >= 4 is 12.4 Å². The van der Waals surface area contributed by atoms with Gasteiger partial charge in [0.05, 0.1) is 0 Å². The molecule has 6 heteroatoms. The summed E-state index contributed by atoms with van der Waals surface area (Å²) < 4.78 is 37.0. The first-order valence-electron chi connectivity index (χ1n) is 3.96. The normalized spacial score (nSPS) is 43.4. The highest BCUT2D eigenvalue weighted by Gasteiger charge is 2.64. The molecule has 1 saturated carbocycles. The molecule has 0 spiro atoms. The van der Waals surface area contributed by atoms with Crippen LogP contribution in [0.25, 0.3) is 0 Å². The van der Waals surface area contributed by atoms with Gasteiger partial charge in [0.15, 0.2) is 5.60 Å². The lowest BCUT2D eigenvalue weighted by molar-refractivity contribution is -0.274. The third-order valence-electron chi connectivity index (χ3n) is 2.95. The molecular formula is C7H11ClF3NO. The minimum atomic E-state index is -4.46. The Kier molecular flexibility index (Phi) is 2.56. The summed E-state index contributed by atoms with van der Waals surface area (Å²) in [5, 5.41) is 12.3.